The predicted octanol–water partition coefficient (Wildman–Crippen LogP) is 4.81. The van der Waals surface area contributed by atoms with Crippen molar-refractivity contribution in [2.45, 2.75) is 18.9 Å². The summed E-state index contributed by atoms with van der Waals surface area (Å²) in [5.74, 6) is 0.927. The highest BCUT2D eigenvalue weighted by atomic mass is 127. The molecule has 1 aliphatic heterocycles. The van der Waals surface area contributed by atoms with E-state index in [0.29, 0.717) is 6.61 Å². The molecule has 3 rings (SSSR count). The first-order valence-electron chi connectivity index (χ1n) is 6.98. The predicted molar refractivity (Wildman–Crippen MR) is 96.0 cm³/mol. The number of hydrogen-bond acceptors (Lipinski definition) is 2. The smallest absolute Gasteiger partial charge is 0.124 e. The highest BCUT2D eigenvalue weighted by Crippen LogP contribution is 2.24. The summed E-state index contributed by atoms with van der Waals surface area (Å²) in [6.45, 7) is 1.51. The van der Waals surface area contributed by atoms with Crippen LogP contribution in [0.25, 0.3) is 0 Å². The summed E-state index contributed by atoms with van der Waals surface area (Å²) in [4.78, 5) is 0. The third-order valence-corrected chi connectivity index (χ3v) is 4.96. The van der Waals surface area contributed by atoms with Crippen LogP contribution in [0.3, 0.4) is 0 Å². The highest BCUT2D eigenvalue weighted by Gasteiger charge is 2.16. The third kappa shape index (κ3) is 4.20. The van der Waals surface area contributed by atoms with Gasteiger partial charge in [0.25, 0.3) is 0 Å². The fourth-order valence-corrected chi connectivity index (χ4v) is 3.33. The highest BCUT2D eigenvalue weighted by molar-refractivity contribution is 14.1. The molecular weight excluding hydrogens is 443 g/mol. The van der Waals surface area contributed by atoms with Crippen LogP contribution < -0.4 is 4.74 Å². The van der Waals surface area contributed by atoms with E-state index in [-0.39, 0.29) is 6.10 Å². The Balaban J connectivity index is 1.67. The van der Waals surface area contributed by atoms with Gasteiger partial charge in [-0.3, -0.25) is 0 Å². The molecule has 2 aromatic carbocycles. The minimum atomic E-state index is 0.209. The first-order valence-corrected chi connectivity index (χ1v) is 8.85. The SMILES string of the molecule is Brc1ccc(I)cc1Cc1ccc(OC2CCOC2)cc1. The normalized spacial score (nSPS) is 17.9. The number of rotatable bonds is 4. The molecule has 0 amide bonds. The van der Waals surface area contributed by atoms with Gasteiger partial charge >= 0.3 is 0 Å². The van der Waals surface area contributed by atoms with Crippen LogP contribution in [0.4, 0.5) is 0 Å². The lowest BCUT2D eigenvalue weighted by Gasteiger charge is -2.12. The van der Waals surface area contributed by atoms with Crippen molar-refractivity contribution in [1.29, 1.82) is 0 Å². The molecule has 0 saturated carbocycles. The van der Waals surface area contributed by atoms with E-state index in [9.17, 15) is 0 Å². The van der Waals surface area contributed by atoms with Crippen LogP contribution >= 0.6 is 38.5 Å². The Morgan fingerprint density at radius 3 is 2.71 bits per heavy atom. The molecule has 1 saturated heterocycles. The molecule has 0 N–H and O–H groups in total. The van der Waals surface area contributed by atoms with E-state index in [1.165, 1.54) is 14.7 Å². The molecule has 0 aromatic heterocycles. The molecule has 1 aliphatic rings. The number of benzene rings is 2. The van der Waals surface area contributed by atoms with Gasteiger partial charge in [-0.05, 0) is 70.5 Å². The average Bonchev–Trinajstić information content (AvgIpc) is 2.98. The molecule has 0 bridgehead atoms. The molecule has 1 heterocycles. The van der Waals surface area contributed by atoms with E-state index in [4.69, 9.17) is 9.47 Å². The van der Waals surface area contributed by atoms with Crippen molar-refractivity contribution in [1.82, 2.24) is 0 Å². The zero-order valence-electron chi connectivity index (χ0n) is 11.5. The van der Waals surface area contributed by atoms with Crippen LogP contribution in [-0.2, 0) is 11.2 Å². The van der Waals surface area contributed by atoms with Gasteiger partial charge in [0.05, 0.1) is 13.2 Å². The van der Waals surface area contributed by atoms with Crippen molar-refractivity contribution in [3.05, 3.63) is 61.6 Å². The fraction of sp³-hybridized carbons (Fsp3) is 0.294. The molecule has 110 valence electrons. The molecule has 4 heteroatoms. The van der Waals surface area contributed by atoms with E-state index in [1.807, 2.05) is 0 Å². The summed E-state index contributed by atoms with van der Waals surface area (Å²) in [7, 11) is 0. The third-order valence-electron chi connectivity index (χ3n) is 3.52. The summed E-state index contributed by atoms with van der Waals surface area (Å²) < 4.78 is 13.6. The zero-order valence-corrected chi connectivity index (χ0v) is 15.3. The van der Waals surface area contributed by atoms with Gasteiger partial charge < -0.3 is 9.47 Å². The van der Waals surface area contributed by atoms with Gasteiger partial charge in [-0.2, -0.15) is 0 Å². The van der Waals surface area contributed by atoms with Crippen LogP contribution in [-0.4, -0.2) is 19.3 Å². The van der Waals surface area contributed by atoms with Crippen molar-refractivity contribution < 1.29 is 9.47 Å². The Morgan fingerprint density at radius 1 is 1.19 bits per heavy atom. The van der Waals surface area contributed by atoms with Gasteiger partial charge in [-0.1, -0.05) is 28.1 Å². The van der Waals surface area contributed by atoms with Crippen LogP contribution in [0.2, 0.25) is 0 Å². The number of ether oxygens (including phenoxy) is 2. The maximum Gasteiger partial charge on any atom is 0.124 e. The molecule has 1 unspecified atom stereocenters. The Bertz CT molecular complexity index is 607. The van der Waals surface area contributed by atoms with Crippen LogP contribution in [0.1, 0.15) is 17.5 Å². The van der Waals surface area contributed by atoms with Gasteiger partial charge in [-0.25, -0.2) is 0 Å². The van der Waals surface area contributed by atoms with Crippen LogP contribution in [0.5, 0.6) is 5.75 Å². The van der Waals surface area contributed by atoms with Gasteiger partial charge in [-0.15, -0.1) is 0 Å². The lowest BCUT2D eigenvalue weighted by atomic mass is 10.1. The average molecular weight is 459 g/mol. The standard InChI is InChI=1S/C17H16BrIO2/c18-17-6-3-14(19)10-13(17)9-12-1-4-15(5-2-12)21-16-7-8-20-11-16/h1-6,10,16H,7-9,11H2. The molecular formula is C17H16BrIO2. The Hall–Kier alpha value is -0.590. The van der Waals surface area contributed by atoms with Crippen LogP contribution in [0, 0.1) is 3.57 Å². The minimum Gasteiger partial charge on any atom is -0.488 e. The van der Waals surface area contributed by atoms with Crippen LogP contribution in [0.15, 0.2) is 46.9 Å². The number of halogens is 2. The molecule has 0 radical (unpaired) electrons. The second kappa shape index (κ2) is 7.11. The second-order valence-corrected chi connectivity index (χ2v) is 7.26. The summed E-state index contributed by atoms with van der Waals surface area (Å²) in [6.07, 6.45) is 2.11. The Morgan fingerprint density at radius 2 is 2.00 bits per heavy atom. The summed E-state index contributed by atoms with van der Waals surface area (Å²) in [6, 6.07) is 14.8. The van der Waals surface area contributed by atoms with Gasteiger partial charge in [0.15, 0.2) is 0 Å². The maximum atomic E-state index is 5.89. The van der Waals surface area contributed by atoms with Crippen molar-refractivity contribution >= 4 is 38.5 Å². The summed E-state index contributed by atoms with van der Waals surface area (Å²) in [5.41, 5.74) is 2.59. The lowest BCUT2D eigenvalue weighted by molar-refractivity contribution is 0.141. The largest absolute Gasteiger partial charge is 0.488 e. The van der Waals surface area contributed by atoms with E-state index in [1.54, 1.807) is 0 Å². The molecule has 0 spiro atoms. The van der Waals surface area contributed by atoms with Gasteiger partial charge in [0, 0.05) is 14.5 Å². The second-order valence-electron chi connectivity index (χ2n) is 5.16. The van der Waals surface area contributed by atoms with Crippen molar-refractivity contribution in [3.63, 3.8) is 0 Å². The maximum absolute atomic E-state index is 5.89. The molecule has 2 aromatic rings. The summed E-state index contributed by atoms with van der Waals surface area (Å²) in [5, 5.41) is 0. The fourth-order valence-electron chi connectivity index (χ4n) is 2.38. The molecule has 21 heavy (non-hydrogen) atoms. The quantitative estimate of drug-likeness (QED) is 0.612. The number of hydrogen-bond donors (Lipinski definition) is 0. The molecule has 1 fully saturated rings. The molecule has 2 nitrogen and oxygen atoms in total. The van der Waals surface area contributed by atoms with E-state index < -0.39 is 0 Å². The molecule has 0 aliphatic carbocycles. The van der Waals surface area contributed by atoms with Crippen molar-refractivity contribution in [2.75, 3.05) is 13.2 Å². The monoisotopic (exact) mass is 458 g/mol. The first kappa shape index (κ1) is 15.3. The van der Waals surface area contributed by atoms with E-state index >= 15 is 0 Å². The topological polar surface area (TPSA) is 18.5 Å². The van der Waals surface area contributed by atoms with Crippen molar-refractivity contribution in [3.8, 4) is 5.75 Å². The lowest BCUT2D eigenvalue weighted by Crippen LogP contribution is -2.15. The van der Waals surface area contributed by atoms with Crippen molar-refractivity contribution in [2.24, 2.45) is 0 Å². The summed E-state index contributed by atoms with van der Waals surface area (Å²) >= 11 is 5.96. The van der Waals surface area contributed by atoms with Gasteiger partial charge in [0.2, 0.25) is 0 Å². The van der Waals surface area contributed by atoms with E-state index in [0.717, 1.165) is 29.7 Å². The van der Waals surface area contributed by atoms with E-state index in [2.05, 4.69) is 81.0 Å². The first-order chi connectivity index (χ1) is 10.2. The molecule has 1 atom stereocenters. The minimum absolute atomic E-state index is 0.209. The zero-order chi connectivity index (χ0) is 14.7. The van der Waals surface area contributed by atoms with Gasteiger partial charge in [0.1, 0.15) is 11.9 Å². The Labute approximate surface area is 147 Å². The Kier molecular flexibility index (Phi) is 5.19.